The van der Waals surface area contributed by atoms with Crippen molar-refractivity contribution in [3.8, 4) is 0 Å². The smallest absolute Gasteiger partial charge is 0.340 e. The van der Waals surface area contributed by atoms with Crippen LogP contribution in [0.4, 0.5) is 10.1 Å². The van der Waals surface area contributed by atoms with Crippen molar-refractivity contribution in [3.63, 3.8) is 0 Å². The van der Waals surface area contributed by atoms with Crippen molar-refractivity contribution < 1.29 is 19.1 Å². The third-order valence-electron chi connectivity index (χ3n) is 2.08. The molecule has 0 heterocycles. The van der Waals surface area contributed by atoms with E-state index in [1.165, 1.54) is 12.1 Å². The molecule has 0 aliphatic carbocycles. The minimum Gasteiger partial charge on any atom is -0.478 e. The van der Waals surface area contributed by atoms with Gasteiger partial charge in [0.15, 0.2) is 0 Å². The summed E-state index contributed by atoms with van der Waals surface area (Å²) in [6, 6.07) is 3.71. The molecule has 0 aliphatic rings. The Morgan fingerprint density at radius 3 is 2.76 bits per heavy atom. The number of rotatable bonds is 5. The van der Waals surface area contributed by atoms with Gasteiger partial charge in [-0.15, -0.1) is 6.58 Å². The Balaban J connectivity index is 2.91. The summed E-state index contributed by atoms with van der Waals surface area (Å²) in [5.41, 5.74) is -0.564. The maximum absolute atomic E-state index is 13.3. The van der Waals surface area contributed by atoms with Crippen molar-refractivity contribution in [2.24, 2.45) is 0 Å². The molecule has 0 bridgehead atoms. The van der Waals surface area contributed by atoms with Gasteiger partial charge in [-0.3, -0.25) is 4.79 Å². The number of carboxylic acids is 1. The summed E-state index contributed by atoms with van der Waals surface area (Å²) in [6.07, 6.45) is 2.23. The van der Waals surface area contributed by atoms with Gasteiger partial charge in [0, 0.05) is 6.42 Å². The highest BCUT2D eigenvalue weighted by Gasteiger charge is 2.16. The van der Waals surface area contributed by atoms with Gasteiger partial charge in [0.05, 0.1) is 5.69 Å². The van der Waals surface area contributed by atoms with Crippen molar-refractivity contribution >= 4 is 17.6 Å². The number of nitrogens with one attached hydrogen (secondary N) is 1. The number of benzene rings is 1. The van der Waals surface area contributed by atoms with Gasteiger partial charge in [0.2, 0.25) is 5.91 Å². The van der Waals surface area contributed by atoms with Crippen LogP contribution in [0.3, 0.4) is 0 Å². The standard InChI is InChI=1S/C12H12FNO3/c1-2-3-7-10(15)14-9-6-4-5-8(13)11(9)12(16)17/h2,4-6H,1,3,7H2,(H,14,15)(H,16,17). The first kappa shape index (κ1) is 12.9. The molecule has 0 unspecified atom stereocenters. The number of carbonyl (C=O) groups is 2. The Morgan fingerprint density at radius 2 is 2.18 bits per heavy atom. The second-order valence-electron chi connectivity index (χ2n) is 3.34. The molecule has 17 heavy (non-hydrogen) atoms. The molecular weight excluding hydrogens is 225 g/mol. The van der Waals surface area contributed by atoms with Crippen LogP contribution in [0.5, 0.6) is 0 Å². The zero-order chi connectivity index (χ0) is 12.8. The van der Waals surface area contributed by atoms with Gasteiger partial charge in [0.25, 0.3) is 0 Å². The molecule has 1 rings (SSSR count). The fourth-order valence-corrected chi connectivity index (χ4v) is 1.29. The average Bonchev–Trinajstić information content (AvgIpc) is 2.25. The van der Waals surface area contributed by atoms with Gasteiger partial charge in [0.1, 0.15) is 11.4 Å². The molecule has 0 spiro atoms. The number of allylic oxidation sites excluding steroid dienone is 1. The first-order valence-electron chi connectivity index (χ1n) is 4.98. The summed E-state index contributed by atoms with van der Waals surface area (Å²) >= 11 is 0. The van der Waals surface area contributed by atoms with Crippen molar-refractivity contribution in [1.82, 2.24) is 0 Å². The lowest BCUT2D eigenvalue weighted by atomic mass is 10.1. The molecule has 0 saturated carbocycles. The molecule has 0 fully saturated rings. The van der Waals surface area contributed by atoms with E-state index >= 15 is 0 Å². The molecule has 0 saturated heterocycles. The topological polar surface area (TPSA) is 66.4 Å². The average molecular weight is 237 g/mol. The number of hydrogen-bond acceptors (Lipinski definition) is 2. The van der Waals surface area contributed by atoms with E-state index in [0.717, 1.165) is 6.07 Å². The molecule has 1 aromatic rings. The van der Waals surface area contributed by atoms with Crippen molar-refractivity contribution in [3.05, 3.63) is 42.2 Å². The van der Waals surface area contributed by atoms with E-state index in [-0.39, 0.29) is 18.0 Å². The lowest BCUT2D eigenvalue weighted by molar-refractivity contribution is -0.116. The van der Waals surface area contributed by atoms with Gasteiger partial charge in [-0.25, -0.2) is 9.18 Å². The van der Waals surface area contributed by atoms with E-state index in [9.17, 15) is 14.0 Å². The van der Waals surface area contributed by atoms with E-state index < -0.39 is 17.3 Å². The zero-order valence-corrected chi connectivity index (χ0v) is 9.07. The van der Waals surface area contributed by atoms with Crippen molar-refractivity contribution in [1.29, 1.82) is 0 Å². The lowest BCUT2D eigenvalue weighted by Crippen LogP contribution is -2.15. The minimum absolute atomic E-state index is 0.0356. The Labute approximate surface area is 97.8 Å². The van der Waals surface area contributed by atoms with Gasteiger partial charge in [-0.2, -0.15) is 0 Å². The monoisotopic (exact) mass is 237 g/mol. The van der Waals surface area contributed by atoms with Crippen LogP contribution in [-0.2, 0) is 4.79 Å². The van der Waals surface area contributed by atoms with Crippen LogP contribution in [-0.4, -0.2) is 17.0 Å². The number of hydrogen-bond donors (Lipinski definition) is 2. The number of halogens is 1. The third kappa shape index (κ3) is 3.41. The summed E-state index contributed by atoms with van der Waals surface area (Å²) in [5.74, 6) is -2.67. The Kier molecular flexibility index (Phi) is 4.39. The second kappa shape index (κ2) is 5.79. The van der Waals surface area contributed by atoms with E-state index in [1.54, 1.807) is 6.08 Å². The lowest BCUT2D eigenvalue weighted by Gasteiger charge is -2.08. The maximum atomic E-state index is 13.3. The van der Waals surface area contributed by atoms with Gasteiger partial charge in [-0.1, -0.05) is 12.1 Å². The molecule has 0 aliphatic heterocycles. The van der Waals surface area contributed by atoms with Crippen LogP contribution >= 0.6 is 0 Å². The molecule has 2 N–H and O–H groups in total. The first-order chi connectivity index (χ1) is 8.06. The Morgan fingerprint density at radius 1 is 1.47 bits per heavy atom. The molecular formula is C12H12FNO3. The van der Waals surface area contributed by atoms with Crippen LogP contribution in [0.1, 0.15) is 23.2 Å². The van der Waals surface area contributed by atoms with Crippen LogP contribution in [0.15, 0.2) is 30.9 Å². The highest BCUT2D eigenvalue weighted by atomic mass is 19.1. The Hall–Kier alpha value is -2.17. The Bertz CT molecular complexity index is 457. The van der Waals surface area contributed by atoms with Crippen molar-refractivity contribution in [2.75, 3.05) is 5.32 Å². The van der Waals surface area contributed by atoms with Crippen LogP contribution in [0.2, 0.25) is 0 Å². The molecule has 0 aromatic heterocycles. The molecule has 4 nitrogen and oxygen atoms in total. The predicted molar refractivity (Wildman–Crippen MR) is 61.4 cm³/mol. The highest BCUT2D eigenvalue weighted by Crippen LogP contribution is 2.19. The highest BCUT2D eigenvalue weighted by molar-refractivity contribution is 6.00. The summed E-state index contributed by atoms with van der Waals surface area (Å²) < 4.78 is 13.3. The summed E-state index contributed by atoms with van der Waals surface area (Å²) in [5, 5.41) is 11.2. The molecule has 90 valence electrons. The molecule has 1 amide bonds. The van der Waals surface area contributed by atoms with E-state index in [4.69, 9.17) is 5.11 Å². The number of aromatic carboxylic acids is 1. The largest absolute Gasteiger partial charge is 0.478 e. The maximum Gasteiger partial charge on any atom is 0.340 e. The fourth-order valence-electron chi connectivity index (χ4n) is 1.29. The zero-order valence-electron chi connectivity index (χ0n) is 9.07. The summed E-state index contributed by atoms with van der Waals surface area (Å²) in [7, 11) is 0. The molecule has 5 heteroatoms. The first-order valence-corrected chi connectivity index (χ1v) is 4.98. The van der Waals surface area contributed by atoms with Crippen LogP contribution in [0.25, 0.3) is 0 Å². The van der Waals surface area contributed by atoms with Crippen molar-refractivity contribution in [2.45, 2.75) is 12.8 Å². The van der Waals surface area contributed by atoms with Crippen LogP contribution in [0, 0.1) is 5.82 Å². The van der Waals surface area contributed by atoms with Crippen LogP contribution < -0.4 is 5.32 Å². The number of anilines is 1. The third-order valence-corrected chi connectivity index (χ3v) is 2.08. The summed E-state index contributed by atoms with van der Waals surface area (Å²) in [6.45, 7) is 3.47. The number of carbonyl (C=O) groups excluding carboxylic acids is 1. The minimum atomic E-state index is -1.41. The van der Waals surface area contributed by atoms with E-state index in [0.29, 0.717) is 6.42 Å². The van der Waals surface area contributed by atoms with Gasteiger partial charge in [-0.05, 0) is 18.6 Å². The number of carboxylic acid groups (broad SMARTS) is 1. The molecule has 0 radical (unpaired) electrons. The van der Waals surface area contributed by atoms with Gasteiger partial charge < -0.3 is 10.4 Å². The van der Waals surface area contributed by atoms with Gasteiger partial charge >= 0.3 is 5.97 Å². The normalized spacial score (nSPS) is 9.71. The predicted octanol–water partition coefficient (Wildman–Crippen LogP) is 2.43. The molecule has 0 atom stereocenters. The fraction of sp³-hybridized carbons (Fsp3) is 0.167. The SMILES string of the molecule is C=CCCC(=O)Nc1cccc(F)c1C(=O)O. The quantitative estimate of drug-likeness (QED) is 0.773. The number of amides is 1. The summed E-state index contributed by atoms with van der Waals surface area (Å²) in [4.78, 5) is 22.2. The second-order valence-corrected chi connectivity index (χ2v) is 3.34. The van der Waals surface area contributed by atoms with E-state index in [2.05, 4.69) is 11.9 Å². The van der Waals surface area contributed by atoms with E-state index in [1.807, 2.05) is 0 Å². The molecule has 1 aromatic carbocycles.